The van der Waals surface area contributed by atoms with E-state index < -0.39 is 28.4 Å². The highest BCUT2D eigenvalue weighted by molar-refractivity contribution is 6.37. The van der Waals surface area contributed by atoms with Crippen molar-refractivity contribution in [3.8, 4) is 6.07 Å². The predicted molar refractivity (Wildman–Crippen MR) is 104 cm³/mol. The number of pyridine rings is 1. The third-order valence-corrected chi connectivity index (χ3v) is 4.13. The third kappa shape index (κ3) is 3.99. The van der Waals surface area contributed by atoms with Crippen molar-refractivity contribution in [2.45, 2.75) is 13.5 Å². The highest BCUT2D eigenvalue weighted by atomic mass is 19.1. The van der Waals surface area contributed by atoms with Crippen LogP contribution < -0.4 is 22.4 Å². The standard InChI is InChI=1S/C19H13BFN5O3/c1-9-2-10(7-22)4-12(3-9)17(27)16-15(20)18(28)25-19(29)26(16)8-11-5-13(21)24-14(23)6-11/h2-6H,8H2,1H3,(H2,23,24)(H,25,28,29). The summed E-state index contributed by atoms with van der Waals surface area (Å²) in [5, 5.41) is 9.13. The number of benzene rings is 1. The number of ketones is 1. The first-order valence-electron chi connectivity index (χ1n) is 8.30. The van der Waals surface area contributed by atoms with Crippen LogP contribution in [-0.4, -0.2) is 28.2 Å². The molecule has 8 nitrogen and oxygen atoms in total. The number of H-pyrrole nitrogens is 1. The van der Waals surface area contributed by atoms with Crippen molar-refractivity contribution in [2.24, 2.45) is 0 Å². The first-order chi connectivity index (χ1) is 13.7. The fraction of sp³-hybridized carbons (Fsp3) is 0.105. The summed E-state index contributed by atoms with van der Waals surface area (Å²) >= 11 is 0. The van der Waals surface area contributed by atoms with Crippen molar-refractivity contribution in [3.05, 3.63) is 85.1 Å². The molecular weight excluding hydrogens is 376 g/mol. The first-order valence-corrected chi connectivity index (χ1v) is 8.30. The molecule has 3 N–H and O–H groups in total. The van der Waals surface area contributed by atoms with Gasteiger partial charge in [0.2, 0.25) is 17.3 Å². The van der Waals surface area contributed by atoms with E-state index in [2.05, 4.69) is 4.98 Å². The molecule has 0 aliphatic rings. The number of nitrogens with one attached hydrogen (secondary N) is 1. The van der Waals surface area contributed by atoms with Gasteiger partial charge in [-0.2, -0.15) is 9.65 Å². The third-order valence-electron chi connectivity index (χ3n) is 4.13. The molecule has 142 valence electrons. The number of aromatic amines is 1. The van der Waals surface area contributed by atoms with Crippen LogP contribution in [-0.2, 0) is 6.54 Å². The zero-order valence-electron chi connectivity index (χ0n) is 15.2. The maximum Gasteiger partial charge on any atom is 0.329 e. The Labute approximate surface area is 164 Å². The minimum Gasteiger partial charge on any atom is -0.384 e. The van der Waals surface area contributed by atoms with E-state index in [-0.39, 0.29) is 34.7 Å². The Morgan fingerprint density at radius 2 is 2.03 bits per heavy atom. The van der Waals surface area contributed by atoms with Crippen molar-refractivity contribution < 1.29 is 9.18 Å². The summed E-state index contributed by atoms with van der Waals surface area (Å²) in [6.07, 6.45) is 0. The summed E-state index contributed by atoms with van der Waals surface area (Å²) in [6.45, 7) is 1.40. The molecule has 3 rings (SSSR count). The van der Waals surface area contributed by atoms with Crippen molar-refractivity contribution >= 4 is 24.9 Å². The maximum atomic E-state index is 13.6. The van der Waals surface area contributed by atoms with Gasteiger partial charge in [-0.3, -0.25) is 19.1 Å². The van der Waals surface area contributed by atoms with E-state index in [1.807, 2.05) is 11.1 Å². The molecule has 0 spiro atoms. The van der Waals surface area contributed by atoms with Crippen molar-refractivity contribution in [1.29, 1.82) is 5.26 Å². The van der Waals surface area contributed by atoms with E-state index in [1.165, 1.54) is 18.2 Å². The summed E-state index contributed by atoms with van der Waals surface area (Å²) in [7, 11) is 5.81. The number of nitrogens with zero attached hydrogens (tertiary/aromatic N) is 3. The molecule has 0 atom stereocenters. The van der Waals surface area contributed by atoms with Gasteiger partial charge in [-0.05, 0) is 53.8 Å². The molecule has 3 aromatic rings. The van der Waals surface area contributed by atoms with E-state index in [9.17, 15) is 18.8 Å². The Morgan fingerprint density at radius 3 is 2.69 bits per heavy atom. The number of nitriles is 1. The van der Waals surface area contributed by atoms with E-state index in [4.69, 9.17) is 18.8 Å². The molecule has 0 aliphatic carbocycles. The highest BCUT2D eigenvalue weighted by Gasteiger charge is 2.21. The van der Waals surface area contributed by atoms with E-state index >= 15 is 0 Å². The second-order valence-electron chi connectivity index (χ2n) is 6.36. The molecule has 0 aliphatic heterocycles. The highest BCUT2D eigenvalue weighted by Crippen LogP contribution is 2.14. The van der Waals surface area contributed by atoms with Gasteiger partial charge in [0.05, 0.1) is 23.9 Å². The fourth-order valence-electron chi connectivity index (χ4n) is 2.94. The molecule has 0 unspecified atom stereocenters. The number of nitrogen functional groups attached to an aromatic ring is 1. The minimum atomic E-state index is -0.928. The Morgan fingerprint density at radius 1 is 1.31 bits per heavy atom. The van der Waals surface area contributed by atoms with E-state index in [1.54, 1.807) is 13.0 Å². The largest absolute Gasteiger partial charge is 0.384 e. The number of anilines is 1. The van der Waals surface area contributed by atoms with Gasteiger partial charge in [-0.15, -0.1) is 0 Å². The molecule has 2 aromatic heterocycles. The Balaban J connectivity index is 2.22. The van der Waals surface area contributed by atoms with Crippen molar-refractivity contribution in [2.75, 3.05) is 5.73 Å². The molecule has 2 radical (unpaired) electrons. The van der Waals surface area contributed by atoms with Gasteiger partial charge in [0.15, 0.2) is 0 Å². The van der Waals surface area contributed by atoms with E-state index in [0.29, 0.717) is 5.56 Å². The number of hydrogen-bond donors (Lipinski definition) is 2. The number of rotatable bonds is 4. The molecule has 0 saturated carbocycles. The monoisotopic (exact) mass is 389 g/mol. The topological polar surface area (TPSA) is 135 Å². The Bertz CT molecular complexity index is 1290. The van der Waals surface area contributed by atoms with Gasteiger partial charge in [0.1, 0.15) is 13.7 Å². The summed E-state index contributed by atoms with van der Waals surface area (Å²) in [4.78, 5) is 43.0. The normalized spacial score (nSPS) is 10.5. The maximum absolute atomic E-state index is 13.6. The zero-order chi connectivity index (χ0) is 21.3. The van der Waals surface area contributed by atoms with Gasteiger partial charge >= 0.3 is 5.69 Å². The first kappa shape index (κ1) is 19.8. The molecule has 0 amide bonds. The molecule has 29 heavy (non-hydrogen) atoms. The predicted octanol–water partition coefficient (Wildman–Crippen LogP) is -0.0939. The van der Waals surface area contributed by atoms with Gasteiger partial charge in [0, 0.05) is 5.56 Å². The zero-order valence-corrected chi connectivity index (χ0v) is 15.2. The average molecular weight is 389 g/mol. The lowest BCUT2D eigenvalue weighted by atomic mass is 9.90. The number of nitrogens with two attached hydrogens (primary N) is 1. The lowest BCUT2D eigenvalue weighted by Crippen LogP contribution is -2.45. The fourth-order valence-corrected chi connectivity index (χ4v) is 2.94. The van der Waals surface area contributed by atoms with Crippen molar-refractivity contribution in [1.82, 2.24) is 14.5 Å². The van der Waals surface area contributed by atoms with Gasteiger partial charge in [-0.25, -0.2) is 9.78 Å². The van der Waals surface area contributed by atoms with E-state index in [0.717, 1.165) is 10.6 Å². The molecule has 0 bridgehead atoms. The van der Waals surface area contributed by atoms with Crippen molar-refractivity contribution in [3.63, 3.8) is 0 Å². The van der Waals surface area contributed by atoms with Gasteiger partial charge in [-0.1, -0.05) is 0 Å². The van der Waals surface area contributed by atoms with Crippen LogP contribution in [0.4, 0.5) is 10.2 Å². The van der Waals surface area contributed by atoms with Crippen LogP contribution in [0, 0.1) is 24.2 Å². The summed E-state index contributed by atoms with van der Waals surface area (Å²) in [5.41, 5.74) is 4.02. The second-order valence-corrected chi connectivity index (χ2v) is 6.36. The Kier molecular flexibility index (Phi) is 5.15. The number of aromatic nitrogens is 3. The van der Waals surface area contributed by atoms with Crippen LogP contribution in [0.15, 0.2) is 39.9 Å². The molecular formula is C19H13BFN5O3. The summed E-state index contributed by atoms with van der Waals surface area (Å²) in [6, 6.07) is 8.71. The quantitative estimate of drug-likeness (QED) is 0.364. The van der Waals surface area contributed by atoms with Crippen LogP contribution in [0.1, 0.15) is 32.7 Å². The number of carbonyl (C=O) groups excluding carboxylic acids is 1. The van der Waals surface area contributed by atoms with Crippen LogP contribution in [0.3, 0.4) is 0 Å². The summed E-state index contributed by atoms with van der Waals surface area (Å²) < 4.78 is 14.5. The van der Waals surface area contributed by atoms with Crippen LogP contribution in [0.25, 0.3) is 0 Å². The number of halogens is 1. The molecule has 1 aromatic carbocycles. The Hall–Kier alpha value is -4.00. The SMILES string of the molecule is [B]c1c(C(=O)c2cc(C)cc(C#N)c2)n(Cc2cc(N)nc(F)c2)c(=O)[nH]c1=O. The lowest BCUT2D eigenvalue weighted by Gasteiger charge is -2.15. The van der Waals surface area contributed by atoms with Gasteiger partial charge in [0.25, 0.3) is 0 Å². The van der Waals surface area contributed by atoms with Crippen LogP contribution >= 0.6 is 0 Å². The molecule has 0 saturated heterocycles. The van der Waals surface area contributed by atoms with Crippen LogP contribution in [0.2, 0.25) is 0 Å². The number of hydrogen-bond acceptors (Lipinski definition) is 6. The van der Waals surface area contributed by atoms with Crippen LogP contribution in [0.5, 0.6) is 0 Å². The van der Waals surface area contributed by atoms with Gasteiger partial charge < -0.3 is 5.73 Å². The summed E-state index contributed by atoms with van der Waals surface area (Å²) in [5.74, 6) is -1.71. The lowest BCUT2D eigenvalue weighted by molar-refractivity contribution is 0.103. The smallest absolute Gasteiger partial charge is 0.329 e. The average Bonchev–Trinajstić information content (AvgIpc) is 2.64. The molecule has 0 fully saturated rings. The second kappa shape index (κ2) is 7.56. The molecule has 2 heterocycles. The molecule has 10 heteroatoms. The minimum absolute atomic E-state index is 0.0763. The number of aryl methyl sites for hydroxylation is 1. The number of carbonyl (C=O) groups is 1.